The van der Waals surface area contributed by atoms with Crippen molar-refractivity contribution in [2.45, 2.75) is 24.0 Å². The van der Waals surface area contributed by atoms with Gasteiger partial charge in [0, 0.05) is 12.5 Å². The predicted octanol–water partition coefficient (Wildman–Crippen LogP) is 4.64. The molecule has 1 N–H and O–H groups in total. The molecule has 0 bridgehead atoms. The van der Waals surface area contributed by atoms with E-state index in [4.69, 9.17) is 39.5 Å². The van der Waals surface area contributed by atoms with Gasteiger partial charge in [0.15, 0.2) is 0 Å². The Bertz CT molecular complexity index is 1100. The second-order valence-corrected chi connectivity index (χ2v) is 9.41. The van der Waals surface area contributed by atoms with Crippen molar-refractivity contribution in [1.82, 2.24) is 0 Å². The van der Waals surface area contributed by atoms with Gasteiger partial charge in [-0.1, -0.05) is 29.3 Å². The maximum absolute atomic E-state index is 13.3. The van der Waals surface area contributed by atoms with Gasteiger partial charge in [-0.15, -0.1) is 11.6 Å². The number of ether oxygens (including phenoxy) is 1. The summed E-state index contributed by atoms with van der Waals surface area (Å²) in [7, 11) is -4.08. The molecule has 160 valence electrons. The third-order valence-corrected chi connectivity index (χ3v) is 6.62. The molecule has 0 aliphatic heterocycles. The number of nitrogens with one attached hydrogen (secondary N) is 1. The summed E-state index contributed by atoms with van der Waals surface area (Å²) in [5.74, 6) is -0.600. The molecule has 1 aromatic rings. The van der Waals surface area contributed by atoms with Gasteiger partial charge < -0.3 is 4.74 Å². The molecule has 0 amide bonds. The van der Waals surface area contributed by atoms with Crippen molar-refractivity contribution in [2.75, 3.05) is 4.72 Å². The Kier molecular flexibility index (Phi) is 6.88. The molecule has 2 aliphatic carbocycles. The zero-order valence-electron chi connectivity index (χ0n) is 15.0. The Hall–Kier alpha value is -1.91. The molecule has 3 atom stereocenters. The van der Waals surface area contributed by atoms with E-state index in [1.165, 1.54) is 42.5 Å². The summed E-state index contributed by atoms with van der Waals surface area (Å²) < 4.78 is 46.5. The minimum atomic E-state index is -4.08. The van der Waals surface area contributed by atoms with Gasteiger partial charge in [-0.3, -0.25) is 14.8 Å². The third kappa shape index (κ3) is 5.22. The van der Waals surface area contributed by atoms with Crippen molar-refractivity contribution < 1.29 is 22.5 Å². The first kappa shape index (κ1) is 22.8. The molecule has 0 spiro atoms. The van der Waals surface area contributed by atoms with E-state index >= 15 is 0 Å². The monoisotopic (exact) mass is 494 g/mol. The predicted molar refractivity (Wildman–Crippen MR) is 113 cm³/mol. The average molecular weight is 496 g/mol. The first-order valence-corrected chi connectivity index (χ1v) is 11.1. The van der Waals surface area contributed by atoms with Gasteiger partial charge in [-0.2, -0.15) is 0 Å². The second-order valence-electron chi connectivity index (χ2n) is 6.35. The first-order valence-electron chi connectivity index (χ1n) is 8.45. The van der Waals surface area contributed by atoms with Crippen LogP contribution in [0.2, 0.25) is 0 Å². The van der Waals surface area contributed by atoms with Gasteiger partial charge in [-0.05, 0) is 36.4 Å². The molecule has 12 heteroatoms. The van der Waals surface area contributed by atoms with Crippen molar-refractivity contribution in [1.29, 1.82) is 0 Å². The van der Waals surface area contributed by atoms with E-state index in [1.54, 1.807) is 0 Å². The molecule has 0 aromatic heterocycles. The van der Waals surface area contributed by atoms with Gasteiger partial charge in [0.2, 0.25) is 0 Å². The normalized spacial score (nSPS) is 24.3. The molecular weight excluding hydrogens is 482 g/mol. The minimum Gasteiger partial charge on any atom is -0.362 e. The SMILES string of the molecule is O=[N+]([O-])C1=CCC(OC2C(Cl)=CC(S(=O)(=O)Nc3cccc(F)c3)=CC2Cl)C(Cl)=C1. The fraction of sp³-hybridized carbons (Fsp3) is 0.222. The fourth-order valence-corrected chi connectivity index (χ4v) is 5.05. The number of halogens is 4. The van der Waals surface area contributed by atoms with Crippen molar-refractivity contribution in [3.05, 3.63) is 85.2 Å². The van der Waals surface area contributed by atoms with E-state index in [0.29, 0.717) is 0 Å². The highest BCUT2D eigenvalue weighted by Crippen LogP contribution is 2.34. The number of hydrogen-bond acceptors (Lipinski definition) is 5. The zero-order valence-corrected chi connectivity index (χ0v) is 18.1. The molecule has 0 heterocycles. The van der Waals surface area contributed by atoms with Gasteiger partial charge >= 0.3 is 0 Å². The summed E-state index contributed by atoms with van der Waals surface area (Å²) in [5, 5.41) is 9.97. The van der Waals surface area contributed by atoms with E-state index in [9.17, 15) is 22.9 Å². The largest absolute Gasteiger partial charge is 0.362 e. The Balaban J connectivity index is 1.74. The number of rotatable bonds is 6. The number of benzene rings is 1. The molecule has 30 heavy (non-hydrogen) atoms. The molecule has 7 nitrogen and oxygen atoms in total. The number of allylic oxidation sites excluding steroid dienone is 2. The van der Waals surface area contributed by atoms with E-state index < -0.39 is 38.3 Å². The summed E-state index contributed by atoms with van der Waals surface area (Å²) in [4.78, 5) is 10.1. The van der Waals surface area contributed by atoms with Gasteiger partial charge in [-0.25, -0.2) is 12.8 Å². The summed E-state index contributed by atoms with van der Waals surface area (Å²) >= 11 is 18.6. The summed E-state index contributed by atoms with van der Waals surface area (Å²) in [5.41, 5.74) is -0.110. The summed E-state index contributed by atoms with van der Waals surface area (Å²) in [6, 6.07) is 4.96. The summed E-state index contributed by atoms with van der Waals surface area (Å²) in [6.07, 6.45) is 3.43. The maximum Gasteiger partial charge on any atom is 0.266 e. The van der Waals surface area contributed by atoms with Crippen LogP contribution in [-0.2, 0) is 14.8 Å². The third-order valence-electron chi connectivity index (χ3n) is 4.21. The Labute approximate surface area is 186 Å². The van der Waals surface area contributed by atoms with Crippen LogP contribution in [0.15, 0.2) is 69.2 Å². The lowest BCUT2D eigenvalue weighted by molar-refractivity contribution is -0.419. The molecule has 2 aliphatic rings. The lowest BCUT2D eigenvalue weighted by Crippen LogP contribution is -2.33. The fourth-order valence-electron chi connectivity index (χ4n) is 2.79. The second kappa shape index (κ2) is 9.07. The number of alkyl halides is 1. The van der Waals surface area contributed by atoms with E-state index in [2.05, 4.69) is 4.72 Å². The molecule has 0 saturated carbocycles. The summed E-state index contributed by atoms with van der Waals surface area (Å²) in [6.45, 7) is 0. The van der Waals surface area contributed by atoms with E-state index in [-0.39, 0.29) is 32.8 Å². The van der Waals surface area contributed by atoms with Crippen molar-refractivity contribution in [3.63, 3.8) is 0 Å². The van der Waals surface area contributed by atoms with Crippen LogP contribution in [0.25, 0.3) is 0 Å². The molecular formula is C18H14Cl3FN2O5S. The molecule has 1 aromatic carbocycles. The lowest BCUT2D eigenvalue weighted by atomic mass is 10.1. The molecule has 0 fully saturated rings. The number of nitro groups is 1. The highest BCUT2D eigenvalue weighted by molar-refractivity contribution is 7.96. The van der Waals surface area contributed by atoms with Crippen LogP contribution in [0.5, 0.6) is 0 Å². The van der Waals surface area contributed by atoms with Gasteiger partial charge in [0.25, 0.3) is 15.7 Å². The highest BCUT2D eigenvalue weighted by Gasteiger charge is 2.34. The number of hydrogen-bond donors (Lipinski definition) is 1. The number of nitrogens with zero attached hydrogens (tertiary/aromatic N) is 1. The van der Waals surface area contributed by atoms with Crippen LogP contribution < -0.4 is 4.72 Å². The van der Waals surface area contributed by atoms with E-state index in [0.717, 1.165) is 6.07 Å². The van der Waals surface area contributed by atoms with Crippen LogP contribution in [0, 0.1) is 15.9 Å². The van der Waals surface area contributed by atoms with Crippen LogP contribution in [-0.4, -0.2) is 30.9 Å². The quantitative estimate of drug-likeness (QED) is 0.352. The Morgan fingerprint density at radius 2 is 1.97 bits per heavy atom. The topological polar surface area (TPSA) is 98.5 Å². The Morgan fingerprint density at radius 1 is 1.23 bits per heavy atom. The molecule has 3 rings (SSSR count). The van der Waals surface area contributed by atoms with E-state index in [1.807, 2.05) is 0 Å². The van der Waals surface area contributed by atoms with Crippen molar-refractivity contribution in [2.24, 2.45) is 0 Å². The lowest BCUT2D eigenvalue weighted by Gasteiger charge is -2.29. The average Bonchev–Trinajstić information content (AvgIpc) is 2.65. The smallest absolute Gasteiger partial charge is 0.266 e. The van der Waals surface area contributed by atoms with Crippen LogP contribution in [0.3, 0.4) is 0 Å². The van der Waals surface area contributed by atoms with Crippen LogP contribution in [0.4, 0.5) is 10.1 Å². The zero-order chi connectivity index (χ0) is 22.1. The first-order chi connectivity index (χ1) is 14.1. The number of anilines is 1. The van der Waals surface area contributed by atoms with Crippen LogP contribution >= 0.6 is 34.8 Å². The molecule has 0 saturated heterocycles. The highest BCUT2D eigenvalue weighted by atomic mass is 35.5. The van der Waals surface area contributed by atoms with Crippen molar-refractivity contribution in [3.8, 4) is 0 Å². The van der Waals surface area contributed by atoms with Gasteiger partial charge in [0.1, 0.15) is 11.9 Å². The van der Waals surface area contributed by atoms with Gasteiger partial charge in [0.05, 0.1) is 37.1 Å². The minimum absolute atomic E-state index is 0.00522. The van der Waals surface area contributed by atoms with Crippen LogP contribution in [0.1, 0.15) is 6.42 Å². The molecule has 0 radical (unpaired) electrons. The molecule has 3 unspecified atom stereocenters. The Morgan fingerprint density at radius 3 is 2.57 bits per heavy atom. The maximum atomic E-state index is 13.3. The number of sulfonamides is 1. The van der Waals surface area contributed by atoms with Crippen molar-refractivity contribution >= 4 is 50.5 Å². The standard InChI is InChI=1S/C18H14Cl3FN2O5S/c19-14-7-12(24(25)26)4-5-17(14)29-18-15(20)8-13(9-16(18)21)30(27,28)23-11-3-1-2-10(22)6-11/h1-4,6-9,15,17-18,23H,5H2.